The van der Waals surface area contributed by atoms with E-state index in [1.807, 2.05) is 19.1 Å². The summed E-state index contributed by atoms with van der Waals surface area (Å²) in [6.07, 6.45) is 0. The molecular weight excluding hydrogens is 477 g/mol. The smallest absolute Gasteiger partial charge is 0.194 e. The van der Waals surface area contributed by atoms with E-state index < -0.39 is 11.6 Å². The van der Waals surface area contributed by atoms with Crippen LogP contribution >= 0.6 is 24.0 Å². The minimum absolute atomic E-state index is 0. The molecule has 0 atom stereocenters. The number of aliphatic imine (C=N–C) groups is 1. The van der Waals surface area contributed by atoms with Gasteiger partial charge in [-0.25, -0.2) is 13.8 Å². The number of hydrogen-bond donors (Lipinski definition) is 2. The van der Waals surface area contributed by atoms with Gasteiger partial charge in [-0.3, -0.25) is 0 Å². The lowest BCUT2D eigenvalue weighted by molar-refractivity contribution is 0.369. The number of guanidine groups is 1. The molecule has 1 aliphatic heterocycles. The monoisotopic (exact) mass is 502 g/mol. The Labute approximate surface area is 181 Å². The Morgan fingerprint density at radius 3 is 2.50 bits per heavy atom. The van der Waals surface area contributed by atoms with E-state index in [0.29, 0.717) is 25.6 Å². The number of piperazine rings is 1. The third-order valence-electron chi connectivity index (χ3n) is 4.54. The first-order valence-electron chi connectivity index (χ1n) is 9.08. The molecule has 2 N–H and O–H groups in total. The number of para-hydroxylation sites is 2. The zero-order chi connectivity index (χ0) is 19.2. The highest BCUT2D eigenvalue weighted by molar-refractivity contribution is 14.0. The van der Waals surface area contributed by atoms with Gasteiger partial charge in [0.2, 0.25) is 0 Å². The van der Waals surface area contributed by atoms with E-state index in [0.717, 1.165) is 30.9 Å². The zero-order valence-electron chi connectivity index (χ0n) is 15.7. The molecule has 2 aromatic rings. The quantitative estimate of drug-likeness (QED) is 0.382. The summed E-state index contributed by atoms with van der Waals surface area (Å²) >= 11 is 0. The predicted molar refractivity (Wildman–Crippen MR) is 118 cm³/mol. The second kappa shape index (κ2) is 10.4. The summed E-state index contributed by atoms with van der Waals surface area (Å²) in [5, 5.41) is 13.2. The fourth-order valence-electron chi connectivity index (χ4n) is 3.14. The molecule has 0 bridgehead atoms. The van der Waals surface area contributed by atoms with Gasteiger partial charge >= 0.3 is 0 Å². The van der Waals surface area contributed by atoms with Crippen molar-refractivity contribution in [3.05, 3.63) is 59.7 Å². The van der Waals surface area contributed by atoms with E-state index >= 15 is 0 Å². The molecule has 1 aliphatic rings. The molecule has 1 heterocycles. The molecule has 0 aromatic heterocycles. The van der Waals surface area contributed by atoms with E-state index in [-0.39, 0.29) is 41.8 Å². The van der Waals surface area contributed by atoms with Gasteiger partial charge in [-0.2, -0.15) is 0 Å². The number of phenolic OH excluding ortho intramolecular Hbond substituents is 1. The van der Waals surface area contributed by atoms with Crippen LogP contribution in [0.3, 0.4) is 0 Å². The Kier molecular flexibility index (Phi) is 8.28. The first-order chi connectivity index (χ1) is 13.1. The lowest BCUT2D eigenvalue weighted by Crippen LogP contribution is -2.52. The fraction of sp³-hybridized carbons (Fsp3) is 0.350. The molecule has 0 radical (unpaired) electrons. The van der Waals surface area contributed by atoms with Crippen LogP contribution in [0.1, 0.15) is 12.5 Å². The van der Waals surface area contributed by atoms with E-state index in [2.05, 4.69) is 20.1 Å². The first-order valence-corrected chi connectivity index (χ1v) is 9.08. The Morgan fingerprint density at radius 1 is 1.11 bits per heavy atom. The lowest BCUT2D eigenvalue weighted by Gasteiger charge is -2.37. The van der Waals surface area contributed by atoms with Crippen molar-refractivity contribution in [2.75, 3.05) is 37.6 Å². The first kappa shape index (κ1) is 22.2. The summed E-state index contributed by atoms with van der Waals surface area (Å²) in [4.78, 5) is 8.70. The second-order valence-electron chi connectivity index (χ2n) is 6.37. The number of anilines is 1. The molecule has 5 nitrogen and oxygen atoms in total. The van der Waals surface area contributed by atoms with Gasteiger partial charge < -0.3 is 20.2 Å². The average molecular weight is 502 g/mol. The fourth-order valence-corrected chi connectivity index (χ4v) is 3.14. The van der Waals surface area contributed by atoms with Crippen LogP contribution in [0.15, 0.2) is 47.5 Å². The maximum Gasteiger partial charge on any atom is 0.194 e. The van der Waals surface area contributed by atoms with E-state index in [1.165, 1.54) is 6.07 Å². The molecule has 0 unspecified atom stereocenters. The standard InChI is InChI=1S/C20H24F2N4O.HI/c1-2-23-20(24-14-15-13-16(21)7-8-17(15)22)26-11-9-25(10-12-26)18-5-3-4-6-19(18)27;/h3-8,13,27H,2,9-12,14H2,1H3,(H,23,24);1H. The molecule has 1 saturated heterocycles. The molecular formula is C20H25F2IN4O. The van der Waals surface area contributed by atoms with Crippen molar-refractivity contribution in [3.8, 4) is 5.75 Å². The summed E-state index contributed by atoms with van der Waals surface area (Å²) < 4.78 is 27.2. The number of hydrogen-bond acceptors (Lipinski definition) is 3. The number of nitrogens with one attached hydrogen (secondary N) is 1. The Bertz CT molecular complexity index is 811. The molecule has 28 heavy (non-hydrogen) atoms. The van der Waals surface area contributed by atoms with Crippen LogP contribution < -0.4 is 10.2 Å². The molecule has 3 rings (SSSR count). The van der Waals surface area contributed by atoms with Gasteiger partial charge in [0.15, 0.2) is 5.96 Å². The minimum Gasteiger partial charge on any atom is -0.506 e. The van der Waals surface area contributed by atoms with Crippen molar-refractivity contribution in [1.82, 2.24) is 10.2 Å². The number of rotatable bonds is 4. The molecule has 0 saturated carbocycles. The van der Waals surface area contributed by atoms with Crippen LogP contribution in [-0.2, 0) is 6.54 Å². The van der Waals surface area contributed by atoms with Crippen LogP contribution in [0.25, 0.3) is 0 Å². The SMILES string of the molecule is CCNC(=NCc1cc(F)ccc1F)N1CCN(c2ccccc2O)CC1.I. The van der Waals surface area contributed by atoms with E-state index in [4.69, 9.17) is 0 Å². The average Bonchev–Trinajstić information content (AvgIpc) is 2.68. The number of halogens is 3. The van der Waals surface area contributed by atoms with Crippen LogP contribution in [0.5, 0.6) is 5.75 Å². The molecule has 8 heteroatoms. The summed E-state index contributed by atoms with van der Waals surface area (Å²) in [5.41, 5.74) is 1.05. The Morgan fingerprint density at radius 2 is 1.82 bits per heavy atom. The van der Waals surface area contributed by atoms with E-state index in [1.54, 1.807) is 12.1 Å². The summed E-state index contributed by atoms with van der Waals surface area (Å²) in [6.45, 7) is 5.62. The predicted octanol–water partition coefficient (Wildman–Crippen LogP) is 3.58. The Balaban J connectivity index is 0.00000280. The van der Waals surface area contributed by atoms with Gasteiger partial charge in [0.05, 0.1) is 12.2 Å². The van der Waals surface area contributed by atoms with Crippen molar-refractivity contribution in [1.29, 1.82) is 0 Å². The largest absolute Gasteiger partial charge is 0.506 e. The van der Waals surface area contributed by atoms with Crippen molar-refractivity contribution in [2.24, 2.45) is 4.99 Å². The topological polar surface area (TPSA) is 51.1 Å². The van der Waals surface area contributed by atoms with Gasteiger partial charge in [0.1, 0.15) is 17.4 Å². The van der Waals surface area contributed by atoms with Crippen LogP contribution in [0, 0.1) is 11.6 Å². The normalized spacial score (nSPS) is 14.6. The van der Waals surface area contributed by atoms with Gasteiger partial charge in [-0.15, -0.1) is 24.0 Å². The van der Waals surface area contributed by atoms with Crippen LogP contribution in [0.2, 0.25) is 0 Å². The van der Waals surface area contributed by atoms with Crippen molar-refractivity contribution >= 4 is 35.6 Å². The third kappa shape index (κ3) is 5.46. The summed E-state index contributed by atoms with van der Waals surface area (Å²) in [6, 6.07) is 10.7. The van der Waals surface area contributed by atoms with Crippen LogP contribution in [-0.4, -0.2) is 48.7 Å². The van der Waals surface area contributed by atoms with Gasteiger partial charge in [0.25, 0.3) is 0 Å². The van der Waals surface area contributed by atoms with Crippen molar-refractivity contribution < 1.29 is 13.9 Å². The Hall–Kier alpha value is -2.10. The molecule has 0 amide bonds. The maximum absolute atomic E-state index is 13.8. The number of benzene rings is 2. The van der Waals surface area contributed by atoms with Gasteiger partial charge in [-0.05, 0) is 37.3 Å². The highest BCUT2D eigenvalue weighted by atomic mass is 127. The molecule has 2 aromatic carbocycles. The molecule has 152 valence electrons. The number of phenols is 1. The van der Waals surface area contributed by atoms with Crippen LogP contribution in [0.4, 0.5) is 14.5 Å². The van der Waals surface area contributed by atoms with Crippen molar-refractivity contribution in [2.45, 2.75) is 13.5 Å². The van der Waals surface area contributed by atoms with Gasteiger partial charge in [0, 0.05) is 38.3 Å². The highest BCUT2D eigenvalue weighted by Gasteiger charge is 2.21. The maximum atomic E-state index is 13.8. The lowest BCUT2D eigenvalue weighted by atomic mass is 10.2. The van der Waals surface area contributed by atoms with E-state index in [9.17, 15) is 13.9 Å². The molecule has 0 aliphatic carbocycles. The van der Waals surface area contributed by atoms with Gasteiger partial charge in [-0.1, -0.05) is 12.1 Å². The molecule has 1 fully saturated rings. The third-order valence-corrected chi connectivity index (χ3v) is 4.54. The summed E-state index contributed by atoms with van der Waals surface area (Å²) in [7, 11) is 0. The van der Waals surface area contributed by atoms with Crippen molar-refractivity contribution in [3.63, 3.8) is 0 Å². The minimum atomic E-state index is -0.470. The summed E-state index contributed by atoms with van der Waals surface area (Å²) in [5.74, 6) is 0.0226. The highest BCUT2D eigenvalue weighted by Crippen LogP contribution is 2.27. The number of nitrogens with zero attached hydrogens (tertiary/aromatic N) is 3. The zero-order valence-corrected chi connectivity index (χ0v) is 18.1. The molecule has 0 spiro atoms. The second-order valence-corrected chi connectivity index (χ2v) is 6.37. The number of aromatic hydroxyl groups is 1.